The Morgan fingerprint density at radius 1 is 0.404 bits per heavy atom. The summed E-state index contributed by atoms with van der Waals surface area (Å²) in [7, 11) is 0. The SMILES string of the molecule is c1ccc(-c2c3ccccc3c(-c3ccc(-c4nc5cccnc5c5c4ccc4c6ccccc6oc45)cc3)c3ccccc23)cc1. The Kier molecular flexibility index (Phi) is 5.57. The van der Waals surface area contributed by atoms with Crippen molar-refractivity contribution in [2.75, 3.05) is 0 Å². The van der Waals surface area contributed by atoms with Crippen molar-refractivity contribution in [3.63, 3.8) is 0 Å². The van der Waals surface area contributed by atoms with Crippen LogP contribution in [-0.4, -0.2) is 9.97 Å². The third-order valence-electron chi connectivity index (χ3n) is 9.50. The van der Waals surface area contributed by atoms with Gasteiger partial charge in [-0.1, -0.05) is 127 Å². The molecule has 3 nitrogen and oxygen atoms in total. The van der Waals surface area contributed by atoms with Gasteiger partial charge >= 0.3 is 0 Å². The Bertz CT molecular complexity index is 2780. The summed E-state index contributed by atoms with van der Waals surface area (Å²) in [6.07, 6.45) is 1.83. The summed E-state index contributed by atoms with van der Waals surface area (Å²) in [6.45, 7) is 0. The van der Waals surface area contributed by atoms with Crippen LogP contribution in [0.1, 0.15) is 0 Å². The van der Waals surface area contributed by atoms with Crippen molar-refractivity contribution in [1.82, 2.24) is 9.97 Å². The van der Waals surface area contributed by atoms with E-state index in [1.165, 1.54) is 43.8 Å². The highest BCUT2D eigenvalue weighted by atomic mass is 16.3. The quantitative estimate of drug-likeness (QED) is 0.150. The second-order valence-electron chi connectivity index (χ2n) is 12.1. The third-order valence-corrected chi connectivity index (χ3v) is 9.50. The summed E-state index contributed by atoms with van der Waals surface area (Å²) >= 11 is 0. The van der Waals surface area contributed by atoms with E-state index in [-0.39, 0.29) is 0 Å². The monoisotopic (exact) mass is 598 g/mol. The van der Waals surface area contributed by atoms with E-state index in [1.807, 2.05) is 30.5 Å². The van der Waals surface area contributed by atoms with Crippen LogP contribution in [0.5, 0.6) is 0 Å². The first-order valence-corrected chi connectivity index (χ1v) is 15.9. The molecule has 0 saturated carbocycles. The summed E-state index contributed by atoms with van der Waals surface area (Å²) in [5, 5.41) is 9.20. The lowest BCUT2D eigenvalue weighted by Crippen LogP contribution is -1.93. The molecule has 218 valence electrons. The number of furan rings is 1. The average molecular weight is 599 g/mol. The van der Waals surface area contributed by atoms with Gasteiger partial charge in [0, 0.05) is 27.9 Å². The first-order chi connectivity index (χ1) is 23.3. The average Bonchev–Trinajstić information content (AvgIpc) is 3.53. The van der Waals surface area contributed by atoms with Gasteiger partial charge in [-0.15, -0.1) is 0 Å². The maximum Gasteiger partial charge on any atom is 0.145 e. The molecule has 3 heteroatoms. The van der Waals surface area contributed by atoms with E-state index in [2.05, 4.69) is 127 Å². The fraction of sp³-hybridized carbons (Fsp3) is 0. The van der Waals surface area contributed by atoms with Crippen molar-refractivity contribution < 1.29 is 4.42 Å². The van der Waals surface area contributed by atoms with Crippen LogP contribution in [0.4, 0.5) is 0 Å². The lowest BCUT2D eigenvalue weighted by molar-refractivity contribution is 0.673. The Morgan fingerprint density at radius 2 is 0.957 bits per heavy atom. The summed E-state index contributed by atoms with van der Waals surface area (Å²) in [4.78, 5) is 9.96. The van der Waals surface area contributed by atoms with Crippen LogP contribution < -0.4 is 0 Å². The van der Waals surface area contributed by atoms with Crippen molar-refractivity contribution in [2.45, 2.75) is 0 Å². The summed E-state index contributed by atoms with van der Waals surface area (Å²) < 4.78 is 6.50. The zero-order valence-corrected chi connectivity index (χ0v) is 25.3. The first kappa shape index (κ1) is 26.0. The zero-order valence-electron chi connectivity index (χ0n) is 25.3. The molecule has 0 atom stereocenters. The lowest BCUT2D eigenvalue weighted by Gasteiger charge is -2.18. The van der Waals surface area contributed by atoms with Gasteiger partial charge in [-0.05, 0) is 68.1 Å². The highest BCUT2D eigenvalue weighted by Crippen LogP contribution is 2.44. The van der Waals surface area contributed by atoms with Gasteiger partial charge in [-0.2, -0.15) is 0 Å². The van der Waals surface area contributed by atoms with Gasteiger partial charge in [0.15, 0.2) is 0 Å². The predicted octanol–water partition coefficient (Wildman–Crippen LogP) is 12.0. The third kappa shape index (κ3) is 3.87. The van der Waals surface area contributed by atoms with Gasteiger partial charge in [0.25, 0.3) is 0 Å². The fourth-order valence-corrected chi connectivity index (χ4v) is 7.45. The maximum atomic E-state index is 6.50. The number of pyridine rings is 2. The highest BCUT2D eigenvalue weighted by molar-refractivity contribution is 6.24. The Balaban J connectivity index is 1.21. The van der Waals surface area contributed by atoms with Gasteiger partial charge < -0.3 is 4.42 Å². The molecule has 0 bridgehead atoms. The minimum Gasteiger partial charge on any atom is -0.455 e. The van der Waals surface area contributed by atoms with Crippen LogP contribution in [0, 0.1) is 0 Å². The highest BCUT2D eigenvalue weighted by Gasteiger charge is 2.19. The van der Waals surface area contributed by atoms with Crippen molar-refractivity contribution >= 4 is 65.3 Å². The molecule has 0 saturated heterocycles. The van der Waals surface area contributed by atoms with E-state index in [9.17, 15) is 0 Å². The zero-order chi connectivity index (χ0) is 30.9. The number of para-hydroxylation sites is 1. The van der Waals surface area contributed by atoms with E-state index in [0.29, 0.717) is 0 Å². The standard InChI is InChI=1S/C44H26N2O/c1-2-11-27(12-3-1)39-31-14-4-6-16-33(31)40(34-17-7-5-15-32(34)39)28-20-22-29(23-21-28)42-36-25-24-35-30-13-8-9-19-38(30)47-44(35)41(36)43-37(46-42)18-10-26-45-43/h1-26H. The topological polar surface area (TPSA) is 38.9 Å². The summed E-state index contributed by atoms with van der Waals surface area (Å²) in [6, 6.07) is 53.7. The Labute approximate surface area is 270 Å². The molecular weight excluding hydrogens is 572 g/mol. The second kappa shape index (κ2) is 10.1. The molecule has 0 fully saturated rings. The molecule has 10 rings (SSSR count). The molecule has 3 heterocycles. The molecule has 0 aliphatic heterocycles. The van der Waals surface area contributed by atoms with E-state index in [4.69, 9.17) is 14.4 Å². The van der Waals surface area contributed by atoms with Crippen molar-refractivity contribution in [3.05, 3.63) is 158 Å². The largest absolute Gasteiger partial charge is 0.455 e. The smallest absolute Gasteiger partial charge is 0.145 e. The minimum atomic E-state index is 0.848. The van der Waals surface area contributed by atoms with Crippen LogP contribution in [-0.2, 0) is 0 Å². The molecule has 0 aliphatic carbocycles. The van der Waals surface area contributed by atoms with E-state index in [0.717, 1.165) is 55.0 Å². The van der Waals surface area contributed by atoms with Gasteiger partial charge in [0.1, 0.15) is 16.7 Å². The predicted molar refractivity (Wildman–Crippen MR) is 196 cm³/mol. The number of rotatable bonds is 3. The fourth-order valence-electron chi connectivity index (χ4n) is 7.45. The maximum absolute atomic E-state index is 6.50. The molecule has 3 aromatic heterocycles. The van der Waals surface area contributed by atoms with Crippen molar-refractivity contribution in [3.8, 4) is 33.5 Å². The van der Waals surface area contributed by atoms with Gasteiger partial charge in [0.2, 0.25) is 0 Å². The molecule has 0 N–H and O–H groups in total. The molecule has 47 heavy (non-hydrogen) atoms. The molecule has 0 radical (unpaired) electrons. The molecule has 0 unspecified atom stereocenters. The van der Waals surface area contributed by atoms with Crippen LogP contribution in [0.2, 0.25) is 0 Å². The first-order valence-electron chi connectivity index (χ1n) is 15.9. The molecule has 0 aliphatic rings. The number of nitrogens with zero attached hydrogens (tertiary/aromatic N) is 2. The molecule has 7 aromatic carbocycles. The van der Waals surface area contributed by atoms with Crippen molar-refractivity contribution in [2.24, 2.45) is 0 Å². The van der Waals surface area contributed by atoms with Crippen LogP contribution in [0.3, 0.4) is 0 Å². The summed E-state index contributed by atoms with van der Waals surface area (Å²) in [5.74, 6) is 0. The van der Waals surface area contributed by atoms with Crippen LogP contribution in [0.25, 0.3) is 98.8 Å². The Morgan fingerprint density at radius 3 is 1.64 bits per heavy atom. The molecule has 0 amide bonds. The second-order valence-corrected chi connectivity index (χ2v) is 12.1. The van der Waals surface area contributed by atoms with Gasteiger partial charge in [-0.25, -0.2) is 4.98 Å². The summed E-state index contributed by atoms with van der Waals surface area (Å²) in [5.41, 5.74) is 10.3. The van der Waals surface area contributed by atoms with Crippen molar-refractivity contribution in [1.29, 1.82) is 0 Å². The Hall–Kier alpha value is -6.32. The van der Waals surface area contributed by atoms with E-state index in [1.54, 1.807) is 0 Å². The normalized spacial score (nSPS) is 11.8. The number of hydrogen-bond donors (Lipinski definition) is 0. The van der Waals surface area contributed by atoms with Gasteiger partial charge in [0.05, 0.1) is 16.6 Å². The van der Waals surface area contributed by atoms with Gasteiger partial charge in [-0.3, -0.25) is 4.98 Å². The minimum absolute atomic E-state index is 0.848. The lowest BCUT2D eigenvalue weighted by atomic mass is 9.86. The number of benzene rings is 7. The van der Waals surface area contributed by atoms with Crippen LogP contribution in [0.15, 0.2) is 162 Å². The number of fused-ring (bicyclic) bond motifs is 9. The molecule has 10 aromatic rings. The molecular formula is C44H26N2O. The van der Waals surface area contributed by atoms with Crippen LogP contribution >= 0.6 is 0 Å². The molecule has 0 spiro atoms. The van der Waals surface area contributed by atoms with E-state index < -0.39 is 0 Å². The van der Waals surface area contributed by atoms with E-state index >= 15 is 0 Å². The number of aromatic nitrogens is 2. The number of hydrogen-bond acceptors (Lipinski definition) is 3.